The van der Waals surface area contributed by atoms with Gasteiger partial charge in [0.15, 0.2) is 11.6 Å². The van der Waals surface area contributed by atoms with Crippen molar-refractivity contribution in [3.63, 3.8) is 0 Å². The van der Waals surface area contributed by atoms with Crippen LogP contribution in [-0.2, 0) is 16.0 Å². The second-order valence-electron chi connectivity index (χ2n) is 7.81. The molecule has 1 N–H and O–H groups in total. The smallest absolute Gasteiger partial charge is 0.227 e. The van der Waals surface area contributed by atoms with Gasteiger partial charge in [-0.25, -0.2) is 8.78 Å². The summed E-state index contributed by atoms with van der Waals surface area (Å²) in [4.78, 5) is 28.1. The van der Waals surface area contributed by atoms with Gasteiger partial charge in [-0.1, -0.05) is 30.3 Å². The molecule has 0 atom stereocenters. The highest BCUT2D eigenvalue weighted by molar-refractivity contribution is 5.93. The number of hydrogen-bond acceptors (Lipinski definition) is 3. The molecule has 0 spiro atoms. The first-order valence-electron chi connectivity index (χ1n) is 10.1. The zero-order valence-corrected chi connectivity index (χ0v) is 17.3. The van der Waals surface area contributed by atoms with E-state index in [2.05, 4.69) is 5.32 Å². The first kappa shape index (κ1) is 21.7. The molecule has 2 aromatic carbocycles. The number of nitrogens with zero attached hydrogens (tertiary/aromatic N) is 2. The number of likely N-dealkylation sites (tertiary alicyclic amines) is 1. The zero-order valence-electron chi connectivity index (χ0n) is 17.3. The molecule has 30 heavy (non-hydrogen) atoms. The lowest BCUT2D eigenvalue weighted by atomic mass is 9.95. The monoisotopic (exact) mass is 415 g/mol. The molecule has 2 aromatic rings. The molecule has 0 radical (unpaired) electrons. The topological polar surface area (TPSA) is 52.7 Å². The summed E-state index contributed by atoms with van der Waals surface area (Å²) in [5.41, 5.74) is 1.08. The molecule has 1 aliphatic rings. The highest BCUT2D eigenvalue weighted by atomic mass is 19.1. The first-order chi connectivity index (χ1) is 14.3. The van der Waals surface area contributed by atoms with Crippen LogP contribution in [0.3, 0.4) is 0 Å². The van der Waals surface area contributed by atoms with E-state index in [-0.39, 0.29) is 29.1 Å². The largest absolute Gasteiger partial charge is 0.373 e. The summed E-state index contributed by atoms with van der Waals surface area (Å²) < 4.78 is 28.2. The molecule has 0 aromatic heterocycles. The van der Waals surface area contributed by atoms with Crippen molar-refractivity contribution in [2.45, 2.75) is 25.7 Å². The number of aryl methyl sites for hydroxylation is 1. The molecular weight excluding hydrogens is 388 g/mol. The third kappa shape index (κ3) is 5.34. The fourth-order valence-corrected chi connectivity index (χ4v) is 3.75. The zero-order chi connectivity index (χ0) is 21.7. The van der Waals surface area contributed by atoms with Crippen LogP contribution in [0.4, 0.5) is 20.2 Å². The van der Waals surface area contributed by atoms with Crippen LogP contribution in [0.25, 0.3) is 0 Å². The number of halogens is 2. The van der Waals surface area contributed by atoms with Gasteiger partial charge >= 0.3 is 0 Å². The number of carbonyl (C=O) groups is 2. The van der Waals surface area contributed by atoms with Gasteiger partial charge in [-0.2, -0.15) is 0 Å². The van der Waals surface area contributed by atoms with Crippen LogP contribution in [0.2, 0.25) is 0 Å². The Labute approximate surface area is 175 Å². The van der Waals surface area contributed by atoms with Gasteiger partial charge in [0.25, 0.3) is 0 Å². The quantitative estimate of drug-likeness (QED) is 0.780. The lowest BCUT2D eigenvalue weighted by Gasteiger charge is -2.31. The fraction of sp³-hybridized carbons (Fsp3) is 0.391. The Morgan fingerprint density at radius 2 is 1.67 bits per heavy atom. The maximum Gasteiger partial charge on any atom is 0.227 e. The summed E-state index contributed by atoms with van der Waals surface area (Å²) in [6.45, 7) is 1.02. The SMILES string of the molecule is CN(C)c1c(F)cc(NC(=O)C2CCN(C(=O)CCc3ccccc3)CC2)cc1F. The van der Waals surface area contributed by atoms with E-state index >= 15 is 0 Å². The van der Waals surface area contributed by atoms with E-state index < -0.39 is 11.6 Å². The second-order valence-corrected chi connectivity index (χ2v) is 7.81. The minimum Gasteiger partial charge on any atom is -0.373 e. The minimum absolute atomic E-state index is 0.0844. The number of amides is 2. The molecule has 1 heterocycles. The van der Waals surface area contributed by atoms with Gasteiger partial charge < -0.3 is 15.1 Å². The number of rotatable bonds is 6. The van der Waals surface area contributed by atoms with Crippen molar-refractivity contribution in [1.82, 2.24) is 4.90 Å². The normalized spacial score (nSPS) is 14.5. The number of hydrogen-bond donors (Lipinski definition) is 1. The highest BCUT2D eigenvalue weighted by Gasteiger charge is 2.27. The van der Waals surface area contributed by atoms with Crippen molar-refractivity contribution in [2.24, 2.45) is 5.92 Å². The molecule has 0 bridgehead atoms. The Morgan fingerprint density at radius 1 is 1.07 bits per heavy atom. The summed E-state index contributed by atoms with van der Waals surface area (Å²) >= 11 is 0. The summed E-state index contributed by atoms with van der Waals surface area (Å²) in [6, 6.07) is 12.1. The highest BCUT2D eigenvalue weighted by Crippen LogP contribution is 2.27. The van der Waals surface area contributed by atoms with Gasteiger partial charge in [0.1, 0.15) is 5.69 Å². The van der Waals surface area contributed by atoms with Crippen molar-refractivity contribution >= 4 is 23.2 Å². The standard InChI is InChI=1S/C23H27F2N3O2/c1-27(2)22-19(24)14-18(15-20(22)25)26-23(30)17-10-12-28(13-11-17)21(29)9-8-16-6-4-3-5-7-16/h3-7,14-15,17H,8-13H2,1-2H3,(H,26,30). The van der Waals surface area contributed by atoms with Gasteiger partial charge in [0, 0.05) is 45.2 Å². The van der Waals surface area contributed by atoms with Gasteiger partial charge in [-0.05, 0) is 37.0 Å². The molecule has 7 heteroatoms. The molecule has 160 valence electrons. The Bertz CT molecular complexity index is 872. The lowest BCUT2D eigenvalue weighted by molar-refractivity contribution is -0.134. The van der Waals surface area contributed by atoms with E-state index in [4.69, 9.17) is 0 Å². The molecule has 2 amide bonds. The predicted octanol–water partition coefficient (Wildman–Crippen LogP) is 3.84. The molecule has 0 aliphatic carbocycles. The van der Waals surface area contributed by atoms with Crippen LogP contribution in [-0.4, -0.2) is 43.9 Å². The number of nitrogens with one attached hydrogen (secondary N) is 1. The lowest BCUT2D eigenvalue weighted by Crippen LogP contribution is -2.41. The fourth-order valence-electron chi connectivity index (χ4n) is 3.75. The summed E-state index contributed by atoms with van der Waals surface area (Å²) in [5, 5.41) is 2.61. The number of benzene rings is 2. The first-order valence-corrected chi connectivity index (χ1v) is 10.1. The Morgan fingerprint density at radius 3 is 2.23 bits per heavy atom. The van der Waals surface area contributed by atoms with Crippen molar-refractivity contribution in [2.75, 3.05) is 37.4 Å². The minimum atomic E-state index is -0.728. The van der Waals surface area contributed by atoms with Crippen molar-refractivity contribution in [1.29, 1.82) is 0 Å². The van der Waals surface area contributed by atoms with Crippen LogP contribution < -0.4 is 10.2 Å². The molecule has 1 fully saturated rings. The Balaban J connectivity index is 1.50. The van der Waals surface area contributed by atoms with Crippen LogP contribution in [0.1, 0.15) is 24.8 Å². The maximum absolute atomic E-state index is 14.1. The van der Waals surface area contributed by atoms with Crippen LogP contribution in [0, 0.1) is 17.6 Å². The molecule has 1 saturated heterocycles. The van der Waals surface area contributed by atoms with E-state index in [1.807, 2.05) is 30.3 Å². The predicted molar refractivity (Wildman–Crippen MR) is 113 cm³/mol. The summed E-state index contributed by atoms with van der Waals surface area (Å²) in [7, 11) is 3.10. The van der Waals surface area contributed by atoms with Gasteiger partial charge in [0.2, 0.25) is 11.8 Å². The number of piperidine rings is 1. The molecule has 3 rings (SSSR count). The van der Waals surface area contributed by atoms with Crippen LogP contribution >= 0.6 is 0 Å². The molecular formula is C23H27F2N3O2. The van der Waals surface area contributed by atoms with Gasteiger partial charge in [0.05, 0.1) is 0 Å². The van der Waals surface area contributed by atoms with E-state index in [0.717, 1.165) is 17.7 Å². The number of anilines is 2. The molecule has 5 nitrogen and oxygen atoms in total. The Hall–Kier alpha value is -2.96. The molecule has 1 aliphatic heterocycles. The molecule has 0 saturated carbocycles. The number of carbonyl (C=O) groups excluding carboxylic acids is 2. The summed E-state index contributed by atoms with van der Waals surface area (Å²) in [6.07, 6.45) is 2.20. The van der Waals surface area contributed by atoms with E-state index in [0.29, 0.717) is 38.8 Å². The maximum atomic E-state index is 14.1. The van der Waals surface area contributed by atoms with Gasteiger partial charge in [-0.15, -0.1) is 0 Å². The second kappa shape index (κ2) is 9.69. The summed E-state index contributed by atoms with van der Waals surface area (Å²) in [5.74, 6) is -1.94. The van der Waals surface area contributed by atoms with Crippen molar-refractivity contribution in [3.05, 3.63) is 59.7 Å². The average molecular weight is 415 g/mol. The Kier molecular flexibility index (Phi) is 7.03. The third-order valence-electron chi connectivity index (χ3n) is 5.42. The van der Waals surface area contributed by atoms with E-state index in [1.165, 1.54) is 4.90 Å². The van der Waals surface area contributed by atoms with E-state index in [1.54, 1.807) is 19.0 Å². The van der Waals surface area contributed by atoms with Crippen LogP contribution in [0.15, 0.2) is 42.5 Å². The van der Waals surface area contributed by atoms with Crippen molar-refractivity contribution < 1.29 is 18.4 Å². The van der Waals surface area contributed by atoms with E-state index in [9.17, 15) is 18.4 Å². The van der Waals surface area contributed by atoms with Crippen LogP contribution in [0.5, 0.6) is 0 Å². The average Bonchev–Trinajstić information content (AvgIpc) is 2.72. The third-order valence-corrected chi connectivity index (χ3v) is 5.42. The van der Waals surface area contributed by atoms with Crippen molar-refractivity contribution in [3.8, 4) is 0 Å². The van der Waals surface area contributed by atoms with Gasteiger partial charge in [-0.3, -0.25) is 9.59 Å². The molecule has 0 unspecified atom stereocenters.